The number of ether oxygens (including phenoxy) is 3. The van der Waals surface area contributed by atoms with Gasteiger partial charge in [-0.15, -0.1) is 0 Å². The van der Waals surface area contributed by atoms with Crippen LogP contribution in [0, 0.1) is 0 Å². The lowest BCUT2D eigenvalue weighted by Crippen LogP contribution is -2.06. The van der Waals surface area contributed by atoms with Gasteiger partial charge >= 0.3 is 0 Å². The van der Waals surface area contributed by atoms with Gasteiger partial charge in [0.15, 0.2) is 0 Å². The van der Waals surface area contributed by atoms with Crippen LogP contribution >= 0.6 is 15.9 Å². The van der Waals surface area contributed by atoms with Crippen molar-refractivity contribution in [1.29, 1.82) is 0 Å². The summed E-state index contributed by atoms with van der Waals surface area (Å²) in [5, 5.41) is 0. The van der Waals surface area contributed by atoms with Gasteiger partial charge in [-0.05, 0) is 46.3 Å². The van der Waals surface area contributed by atoms with Gasteiger partial charge in [0.1, 0.15) is 22.8 Å². The van der Waals surface area contributed by atoms with Gasteiger partial charge in [-0.1, -0.05) is 6.07 Å². The average molecular weight is 351 g/mol. The molecule has 2 aromatic rings. The van der Waals surface area contributed by atoms with Gasteiger partial charge < -0.3 is 14.2 Å². The number of benzene rings is 2. The Morgan fingerprint density at radius 1 is 0.905 bits per heavy atom. The first-order chi connectivity index (χ1) is 10.1. The number of methoxy groups -OCH3 is 3. The highest BCUT2D eigenvalue weighted by molar-refractivity contribution is 9.10. The van der Waals surface area contributed by atoms with Crippen LogP contribution in [0.5, 0.6) is 17.2 Å². The molecule has 0 atom stereocenters. The lowest BCUT2D eigenvalue weighted by atomic mass is 10.0. The summed E-state index contributed by atoms with van der Waals surface area (Å²) in [5.74, 6) is 1.45. The second-order valence-electron chi connectivity index (χ2n) is 4.22. The predicted molar refractivity (Wildman–Crippen MR) is 83.7 cm³/mol. The zero-order valence-corrected chi connectivity index (χ0v) is 13.6. The number of carbonyl (C=O) groups excluding carboxylic acids is 1. The summed E-state index contributed by atoms with van der Waals surface area (Å²) in [6.45, 7) is 0. The predicted octanol–water partition coefficient (Wildman–Crippen LogP) is 3.71. The summed E-state index contributed by atoms with van der Waals surface area (Å²) in [7, 11) is 4.62. The highest BCUT2D eigenvalue weighted by Gasteiger charge is 2.20. The fourth-order valence-electron chi connectivity index (χ4n) is 2.03. The van der Waals surface area contributed by atoms with E-state index in [-0.39, 0.29) is 5.78 Å². The standard InChI is InChI=1S/C16H15BrO4/c1-19-12-8-7-10(9-11(12)17)16(18)15-13(20-2)5-4-6-14(15)21-3/h4-9H,1-3H3. The summed E-state index contributed by atoms with van der Waals surface area (Å²) < 4.78 is 16.4. The fourth-order valence-corrected chi connectivity index (χ4v) is 2.57. The van der Waals surface area contributed by atoms with Crippen molar-refractivity contribution in [3.8, 4) is 17.2 Å². The summed E-state index contributed by atoms with van der Waals surface area (Å²) in [6, 6.07) is 10.4. The van der Waals surface area contributed by atoms with E-state index in [4.69, 9.17) is 14.2 Å². The second-order valence-corrected chi connectivity index (χ2v) is 5.07. The van der Waals surface area contributed by atoms with E-state index in [9.17, 15) is 4.79 Å². The summed E-state index contributed by atoms with van der Waals surface area (Å²) in [5.41, 5.74) is 0.921. The molecule has 0 unspecified atom stereocenters. The Balaban J connectivity index is 2.52. The molecule has 0 aliphatic rings. The third kappa shape index (κ3) is 3.03. The largest absolute Gasteiger partial charge is 0.496 e. The number of hydrogen-bond acceptors (Lipinski definition) is 4. The highest BCUT2D eigenvalue weighted by Crippen LogP contribution is 2.32. The topological polar surface area (TPSA) is 44.8 Å². The molecule has 0 saturated heterocycles. The third-order valence-electron chi connectivity index (χ3n) is 3.07. The zero-order valence-electron chi connectivity index (χ0n) is 12.0. The molecule has 2 aromatic carbocycles. The van der Waals surface area contributed by atoms with Crippen LogP contribution in [0.4, 0.5) is 0 Å². The lowest BCUT2D eigenvalue weighted by molar-refractivity contribution is 0.103. The van der Waals surface area contributed by atoms with Crippen LogP contribution < -0.4 is 14.2 Å². The summed E-state index contributed by atoms with van der Waals surface area (Å²) in [6.07, 6.45) is 0. The van der Waals surface area contributed by atoms with Gasteiger partial charge in [0.2, 0.25) is 5.78 Å². The minimum absolute atomic E-state index is 0.173. The van der Waals surface area contributed by atoms with E-state index in [1.165, 1.54) is 14.2 Å². The van der Waals surface area contributed by atoms with Crippen LogP contribution in [0.25, 0.3) is 0 Å². The highest BCUT2D eigenvalue weighted by atomic mass is 79.9. The quantitative estimate of drug-likeness (QED) is 0.771. The second kappa shape index (κ2) is 6.63. The molecule has 0 aromatic heterocycles. The molecule has 0 radical (unpaired) electrons. The Hall–Kier alpha value is -2.01. The zero-order chi connectivity index (χ0) is 15.4. The Morgan fingerprint density at radius 3 is 1.95 bits per heavy atom. The smallest absolute Gasteiger partial charge is 0.200 e. The molecule has 110 valence electrons. The van der Waals surface area contributed by atoms with Crippen molar-refractivity contribution in [2.75, 3.05) is 21.3 Å². The normalized spacial score (nSPS) is 10.1. The lowest BCUT2D eigenvalue weighted by Gasteiger charge is -2.12. The summed E-state index contributed by atoms with van der Waals surface area (Å²) in [4.78, 5) is 12.7. The van der Waals surface area contributed by atoms with Crippen LogP contribution in [0.2, 0.25) is 0 Å². The molecule has 2 rings (SSSR count). The van der Waals surface area contributed by atoms with E-state index in [2.05, 4.69) is 15.9 Å². The maximum Gasteiger partial charge on any atom is 0.200 e. The van der Waals surface area contributed by atoms with Gasteiger partial charge in [-0.2, -0.15) is 0 Å². The van der Waals surface area contributed by atoms with E-state index in [0.717, 1.165) is 0 Å². The minimum atomic E-state index is -0.173. The number of halogens is 1. The molecule has 0 saturated carbocycles. The average Bonchev–Trinajstić information content (AvgIpc) is 2.53. The van der Waals surface area contributed by atoms with Crippen LogP contribution in [0.1, 0.15) is 15.9 Å². The molecule has 0 fully saturated rings. The van der Waals surface area contributed by atoms with Crippen molar-refractivity contribution in [3.05, 3.63) is 52.0 Å². The Morgan fingerprint density at radius 2 is 1.48 bits per heavy atom. The minimum Gasteiger partial charge on any atom is -0.496 e. The van der Waals surface area contributed by atoms with E-state index in [0.29, 0.717) is 32.8 Å². The molecule has 0 spiro atoms. The molecule has 0 heterocycles. The van der Waals surface area contributed by atoms with E-state index in [1.54, 1.807) is 43.5 Å². The Labute approximate surface area is 131 Å². The Kier molecular flexibility index (Phi) is 4.85. The number of rotatable bonds is 5. The van der Waals surface area contributed by atoms with Crippen LogP contribution in [-0.2, 0) is 0 Å². The first kappa shape index (κ1) is 15.4. The van der Waals surface area contributed by atoms with Gasteiger partial charge in [-0.25, -0.2) is 0 Å². The maximum atomic E-state index is 12.7. The molecule has 5 heteroatoms. The monoisotopic (exact) mass is 350 g/mol. The van der Waals surface area contributed by atoms with Gasteiger partial charge in [0.05, 0.1) is 25.8 Å². The number of hydrogen-bond donors (Lipinski definition) is 0. The van der Waals surface area contributed by atoms with E-state index < -0.39 is 0 Å². The summed E-state index contributed by atoms with van der Waals surface area (Å²) >= 11 is 3.38. The number of ketones is 1. The number of carbonyl (C=O) groups is 1. The van der Waals surface area contributed by atoms with Crippen LogP contribution in [0.15, 0.2) is 40.9 Å². The maximum absolute atomic E-state index is 12.7. The van der Waals surface area contributed by atoms with Crippen molar-refractivity contribution in [1.82, 2.24) is 0 Å². The molecule has 0 amide bonds. The van der Waals surface area contributed by atoms with E-state index in [1.807, 2.05) is 0 Å². The molecule has 0 aliphatic heterocycles. The van der Waals surface area contributed by atoms with Crippen LogP contribution in [-0.4, -0.2) is 27.1 Å². The van der Waals surface area contributed by atoms with Gasteiger partial charge in [-0.3, -0.25) is 4.79 Å². The molecule has 21 heavy (non-hydrogen) atoms. The first-order valence-electron chi connectivity index (χ1n) is 6.21. The van der Waals surface area contributed by atoms with Crippen molar-refractivity contribution in [3.63, 3.8) is 0 Å². The SMILES string of the molecule is COc1ccc(C(=O)c2c(OC)cccc2OC)cc1Br. The van der Waals surface area contributed by atoms with Gasteiger partial charge in [0, 0.05) is 5.56 Å². The van der Waals surface area contributed by atoms with Crippen molar-refractivity contribution >= 4 is 21.7 Å². The van der Waals surface area contributed by atoms with Crippen LogP contribution in [0.3, 0.4) is 0 Å². The van der Waals surface area contributed by atoms with Crippen molar-refractivity contribution in [2.24, 2.45) is 0 Å². The van der Waals surface area contributed by atoms with Crippen molar-refractivity contribution in [2.45, 2.75) is 0 Å². The molecular formula is C16H15BrO4. The first-order valence-corrected chi connectivity index (χ1v) is 7.01. The molecular weight excluding hydrogens is 336 g/mol. The third-order valence-corrected chi connectivity index (χ3v) is 3.69. The van der Waals surface area contributed by atoms with E-state index >= 15 is 0 Å². The fraction of sp³-hybridized carbons (Fsp3) is 0.188. The van der Waals surface area contributed by atoms with Gasteiger partial charge in [0.25, 0.3) is 0 Å². The Bertz CT molecular complexity index is 645. The van der Waals surface area contributed by atoms with Crippen molar-refractivity contribution < 1.29 is 19.0 Å². The molecule has 0 aliphatic carbocycles. The molecule has 0 N–H and O–H groups in total. The molecule has 0 bridgehead atoms. The molecule has 4 nitrogen and oxygen atoms in total.